The van der Waals surface area contributed by atoms with E-state index in [1.165, 1.54) is 13.2 Å². The Labute approximate surface area is 117 Å². The Bertz CT molecular complexity index is 477. The third-order valence-electron chi connectivity index (χ3n) is 3.11. The molecule has 1 aromatic rings. The highest BCUT2D eigenvalue weighted by Gasteiger charge is 2.18. The highest BCUT2D eigenvalue weighted by molar-refractivity contribution is 8.14. The zero-order valence-electron chi connectivity index (χ0n) is 11.4. The van der Waals surface area contributed by atoms with E-state index in [9.17, 15) is 4.39 Å². The average Bonchev–Trinajstić information content (AvgIpc) is 2.39. The van der Waals surface area contributed by atoms with Gasteiger partial charge in [-0.15, -0.1) is 0 Å². The quantitative estimate of drug-likeness (QED) is 0.916. The van der Waals surface area contributed by atoms with Gasteiger partial charge in [0, 0.05) is 17.5 Å². The summed E-state index contributed by atoms with van der Waals surface area (Å²) in [6, 6.07) is 5.20. The summed E-state index contributed by atoms with van der Waals surface area (Å²) in [5.74, 6) is 1.47. The van der Waals surface area contributed by atoms with Gasteiger partial charge in [-0.25, -0.2) is 4.39 Å². The number of methoxy groups -OCH3 is 1. The molecule has 0 saturated heterocycles. The highest BCUT2D eigenvalue weighted by Crippen LogP contribution is 2.25. The Balaban J connectivity index is 2.10. The fourth-order valence-electron chi connectivity index (χ4n) is 1.95. The summed E-state index contributed by atoms with van der Waals surface area (Å²) in [5, 5.41) is 4.05. The van der Waals surface area contributed by atoms with Gasteiger partial charge in [-0.05, 0) is 24.5 Å². The second kappa shape index (κ2) is 6.28. The van der Waals surface area contributed by atoms with Crippen molar-refractivity contribution in [2.24, 2.45) is 10.9 Å². The maximum atomic E-state index is 13.6. The summed E-state index contributed by atoms with van der Waals surface area (Å²) in [6.45, 7) is 4.35. The van der Waals surface area contributed by atoms with Crippen molar-refractivity contribution in [1.82, 2.24) is 0 Å². The normalized spacial score (nSPS) is 19.2. The molecule has 0 radical (unpaired) electrons. The Hall–Kier alpha value is -1.23. The topological polar surface area (TPSA) is 33.6 Å². The third-order valence-corrected chi connectivity index (χ3v) is 4.03. The molecule has 0 spiro atoms. The number of nitrogens with one attached hydrogen (secondary N) is 1. The van der Waals surface area contributed by atoms with Gasteiger partial charge in [0.1, 0.15) is 0 Å². The smallest absolute Gasteiger partial charge is 0.167 e. The summed E-state index contributed by atoms with van der Waals surface area (Å²) < 4.78 is 18.5. The maximum Gasteiger partial charge on any atom is 0.167 e. The molecule has 104 valence electrons. The highest BCUT2D eigenvalue weighted by atomic mass is 32.2. The Morgan fingerprint density at radius 1 is 1.47 bits per heavy atom. The van der Waals surface area contributed by atoms with Crippen molar-refractivity contribution in [3.8, 4) is 5.75 Å². The maximum absolute atomic E-state index is 13.6. The number of benzene rings is 1. The summed E-state index contributed by atoms with van der Waals surface area (Å²) >= 11 is 1.68. The van der Waals surface area contributed by atoms with Crippen LogP contribution < -0.4 is 10.1 Å². The first-order valence-electron chi connectivity index (χ1n) is 6.41. The van der Waals surface area contributed by atoms with Gasteiger partial charge in [-0.2, -0.15) is 0 Å². The first-order valence-corrected chi connectivity index (χ1v) is 7.40. The van der Waals surface area contributed by atoms with Crippen LogP contribution in [0.2, 0.25) is 0 Å². The number of aliphatic imine (C=N–C) groups is 1. The van der Waals surface area contributed by atoms with Crippen molar-refractivity contribution in [3.05, 3.63) is 24.0 Å². The number of hydrogen-bond acceptors (Lipinski definition) is 4. The molecule has 0 aromatic heterocycles. The van der Waals surface area contributed by atoms with E-state index in [0.29, 0.717) is 17.6 Å². The minimum Gasteiger partial charge on any atom is -0.494 e. The van der Waals surface area contributed by atoms with Crippen molar-refractivity contribution >= 4 is 22.6 Å². The second-order valence-electron chi connectivity index (χ2n) is 4.86. The van der Waals surface area contributed by atoms with Crippen LogP contribution in [-0.4, -0.2) is 24.1 Å². The van der Waals surface area contributed by atoms with Crippen molar-refractivity contribution in [3.63, 3.8) is 0 Å². The largest absolute Gasteiger partial charge is 0.494 e. The number of amidine groups is 1. The molecule has 0 amide bonds. The predicted molar refractivity (Wildman–Crippen MR) is 79.7 cm³/mol. The lowest BCUT2D eigenvalue weighted by atomic mass is 10.0. The van der Waals surface area contributed by atoms with Gasteiger partial charge in [-0.1, -0.05) is 25.6 Å². The minimum atomic E-state index is -0.366. The molecule has 2 rings (SSSR count). The molecule has 0 saturated carbocycles. The molecule has 1 N–H and O–H groups in total. The van der Waals surface area contributed by atoms with Crippen LogP contribution in [0.4, 0.5) is 10.1 Å². The SMILES string of the molecule is COc1ccc(NC2=NC(C(C)C)CCS2)cc1F. The van der Waals surface area contributed by atoms with Crippen LogP contribution in [0.5, 0.6) is 5.75 Å². The Morgan fingerprint density at radius 2 is 2.26 bits per heavy atom. The van der Waals surface area contributed by atoms with Gasteiger partial charge in [0.2, 0.25) is 0 Å². The fourth-order valence-corrected chi connectivity index (χ4v) is 2.90. The van der Waals surface area contributed by atoms with Crippen LogP contribution in [-0.2, 0) is 0 Å². The molecule has 1 heterocycles. The molecule has 1 aliphatic heterocycles. The number of nitrogens with zero attached hydrogens (tertiary/aromatic N) is 1. The first-order chi connectivity index (χ1) is 9.10. The third kappa shape index (κ3) is 3.62. The van der Waals surface area contributed by atoms with E-state index in [1.807, 2.05) is 0 Å². The van der Waals surface area contributed by atoms with Gasteiger partial charge in [0.15, 0.2) is 16.7 Å². The van der Waals surface area contributed by atoms with Crippen LogP contribution >= 0.6 is 11.8 Å². The zero-order chi connectivity index (χ0) is 13.8. The number of thioether (sulfide) groups is 1. The Morgan fingerprint density at radius 3 is 2.89 bits per heavy atom. The summed E-state index contributed by atoms with van der Waals surface area (Å²) in [5.41, 5.74) is 0.703. The van der Waals surface area contributed by atoms with Gasteiger partial charge in [0.05, 0.1) is 13.2 Å². The van der Waals surface area contributed by atoms with Crippen LogP contribution in [0.3, 0.4) is 0 Å². The average molecular weight is 282 g/mol. The molecule has 1 atom stereocenters. The minimum absolute atomic E-state index is 0.254. The van der Waals surface area contributed by atoms with Crippen molar-refractivity contribution < 1.29 is 9.13 Å². The number of anilines is 1. The standard InChI is InChI=1S/C14H19FN2OS/c1-9(2)12-6-7-19-14(17-12)16-10-4-5-13(18-3)11(15)8-10/h4-5,8-9,12H,6-7H2,1-3H3,(H,16,17). The molecule has 0 aliphatic carbocycles. The second-order valence-corrected chi connectivity index (χ2v) is 5.94. The number of rotatable bonds is 3. The van der Waals surface area contributed by atoms with Crippen LogP contribution in [0, 0.1) is 11.7 Å². The molecule has 1 unspecified atom stereocenters. The van der Waals surface area contributed by atoms with Gasteiger partial charge < -0.3 is 10.1 Å². The molecule has 5 heteroatoms. The molecule has 0 bridgehead atoms. The Kier molecular flexibility index (Phi) is 4.69. The van der Waals surface area contributed by atoms with E-state index in [4.69, 9.17) is 4.74 Å². The lowest BCUT2D eigenvalue weighted by Crippen LogP contribution is -2.23. The van der Waals surface area contributed by atoms with Crippen LogP contribution in [0.15, 0.2) is 23.2 Å². The van der Waals surface area contributed by atoms with E-state index in [0.717, 1.165) is 17.3 Å². The van der Waals surface area contributed by atoms with Gasteiger partial charge >= 0.3 is 0 Å². The zero-order valence-corrected chi connectivity index (χ0v) is 12.3. The lowest BCUT2D eigenvalue weighted by molar-refractivity contribution is 0.387. The molecular weight excluding hydrogens is 263 g/mol. The number of hydrogen-bond donors (Lipinski definition) is 1. The van der Waals surface area contributed by atoms with E-state index in [1.54, 1.807) is 23.9 Å². The van der Waals surface area contributed by atoms with Crippen molar-refractivity contribution in [2.75, 3.05) is 18.2 Å². The molecule has 1 aliphatic rings. The van der Waals surface area contributed by atoms with Gasteiger partial charge in [-0.3, -0.25) is 4.99 Å². The summed E-state index contributed by atoms with van der Waals surface area (Å²) in [7, 11) is 1.46. The molecule has 0 fully saturated rings. The van der Waals surface area contributed by atoms with E-state index >= 15 is 0 Å². The predicted octanol–water partition coefficient (Wildman–Crippen LogP) is 3.76. The summed E-state index contributed by atoms with van der Waals surface area (Å²) in [4.78, 5) is 4.66. The monoisotopic (exact) mass is 282 g/mol. The molecule has 1 aromatic carbocycles. The van der Waals surface area contributed by atoms with Crippen molar-refractivity contribution in [2.45, 2.75) is 26.3 Å². The van der Waals surface area contributed by atoms with Gasteiger partial charge in [0.25, 0.3) is 0 Å². The number of halogens is 1. The van der Waals surface area contributed by atoms with E-state index < -0.39 is 0 Å². The lowest BCUT2D eigenvalue weighted by Gasteiger charge is -2.23. The molecular formula is C14H19FN2OS. The van der Waals surface area contributed by atoms with Crippen molar-refractivity contribution in [1.29, 1.82) is 0 Å². The van der Waals surface area contributed by atoms with Crippen LogP contribution in [0.1, 0.15) is 20.3 Å². The fraction of sp³-hybridized carbons (Fsp3) is 0.500. The number of ether oxygens (including phenoxy) is 1. The summed E-state index contributed by atoms with van der Waals surface area (Å²) in [6.07, 6.45) is 1.10. The van der Waals surface area contributed by atoms with Crippen LogP contribution in [0.25, 0.3) is 0 Å². The first kappa shape index (κ1) is 14.2. The van der Waals surface area contributed by atoms with E-state index in [2.05, 4.69) is 24.2 Å². The molecule has 19 heavy (non-hydrogen) atoms. The van der Waals surface area contributed by atoms with E-state index in [-0.39, 0.29) is 11.6 Å². The molecule has 3 nitrogen and oxygen atoms in total.